The molecule has 0 aliphatic rings. The molecule has 0 aliphatic heterocycles. The summed E-state index contributed by atoms with van der Waals surface area (Å²) in [5.74, 6) is 0. The molecule has 0 unspecified atom stereocenters. The summed E-state index contributed by atoms with van der Waals surface area (Å²) < 4.78 is 0. The molecule has 9 aromatic carbocycles. The third kappa shape index (κ3) is 8.94. The fourth-order valence-corrected chi connectivity index (χ4v) is 10.2. The van der Waals surface area contributed by atoms with Gasteiger partial charge in [-0.3, -0.25) is 0 Å². The largest absolute Gasteiger partial charge is 0.309 e. The minimum atomic E-state index is -0.176. The number of aryl methyl sites for hydroxylation is 4. The van der Waals surface area contributed by atoms with Crippen LogP contribution >= 0.6 is 0 Å². The van der Waals surface area contributed by atoms with Gasteiger partial charge in [-0.1, -0.05) is 191 Å². The Balaban J connectivity index is 1.39. The molecule has 0 heterocycles. The lowest BCUT2D eigenvalue weighted by molar-refractivity contribution is 0.590. The second kappa shape index (κ2) is 18.1. The van der Waals surface area contributed by atoms with Crippen molar-refractivity contribution in [2.45, 2.75) is 119 Å². The average molecular weight is 917 g/mol. The second-order valence-corrected chi connectivity index (χ2v) is 23.0. The van der Waals surface area contributed by atoms with Gasteiger partial charge in [-0.05, 0) is 155 Å². The molecule has 0 radical (unpaired) electrons. The highest BCUT2D eigenvalue weighted by atomic mass is 15.2. The fourth-order valence-electron chi connectivity index (χ4n) is 10.2. The maximum Gasteiger partial charge on any atom is 0.0620 e. The summed E-state index contributed by atoms with van der Waals surface area (Å²) in [6.07, 6.45) is 0. The summed E-state index contributed by atoms with van der Waals surface area (Å²) in [6, 6.07) is 69.0. The van der Waals surface area contributed by atoms with Crippen LogP contribution in [-0.2, 0) is 21.7 Å². The second-order valence-electron chi connectivity index (χ2n) is 23.0. The molecule has 9 rings (SSSR count). The summed E-state index contributed by atoms with van der Waals surface area (Å²) in [5.41, 5.74) is 19.2. The first-order chi connectivity index (χ1) is 33.1. The zero-order chi connectivity index (χ0) is 49.9. The Hall–Kier alpha value is -6.90. The molecule has 0 saturated carbocycles. The number of hydrogen-bond donors (Lipinski definition) is 0. The van der Waals surface area contributed by atoms with E-state index in [1.165, 1.54) is 88.6 Å². The lowest BCUT2D eigenvalue weighted by atomic mass is 9.78. The van der Waals surface area contributed by atoms with E-state index < -0.39 is 0 Å². The monoisotopic (exact) mass is 917 g/mol. The normalized spacial score (nSPS) is 12.4. The van der Waals surface area contributed by atoms with Crippen molar-refractivity contribution < 1.29 is 0 Å². The predicted molar refractivity (Wildman–Crippen MR) is 304 cm³/mol. The average Bonchev–Trinajstić information content (AvgIpc) is 3.34. The lowest BCUT2D eigenvalue weighted by Gasteiger charge is -2.35. The molecule has 70 heavy (non-hydrogen) atoms. The highest BCUT2D eigenvalue weighted by molar-refractivity contribution is 6.23. The van der Waals surface area contributed by atoms with Gasteiger partial charge in [0.2, 0.25) is 0 Å². The van der Waals surface area contributed by atoms with Gasteiger partial charge in [0.15, 0.2) is 0 Å². The van der Waals surface area contributed by atoms with Gasteiger partial charge in [-0.15, -0.1) is 0 Å². The van der Waals surface area contributed by atoms with Crippen LogP contribution in [0.25, 0.3) is 21.5 Å². The molecule has 0 fully saturated rings. The maximum absolute atomic E-state index is 2.55. The molecule has 0 atom stereocenters. The summed E-state index contributed by atoms with van der Waals surface area (Å²) >= 11 is 0. The fraction of sp³-hybridized carbons (Fsp3) is 0.265. The van der Waals surface area contributed by atoms with E-state index in [9.17, 15) is 0 Å². The molecule has 2 nitrogen and oxygen atoms in total. The van der Waals surface area contributed by atoms with Gasteiger partial charge >= 0.3 is 0 Å². The third-order valence-corrected chi connectivity index (χ3v) is 15.4. The Labute approximate surface area is 419 Å². The Kier molecular flexibility index (Phi) is 12.5. The molecule has 0 aromatic heterocycles. The smallest absolute Gasteiger partial charge is 0.0620 e. The summed E-state index contributed by atoms with van der Waals surface area (Å²) in [6.45, 7) is 32.2. The molecule has 354 valence electrons. The molecule has 0 saturated heterocycles. The minimum Gasteiger partial charge on any atom is -0.309 e. The van der Waals surface area contributed by atoms with Crippen molar-refractivity contribution in [2.24, 2.45) is 0 Å². The summed E-state index contributed by atoms with van der Waals surface area (Å²) in [5, 5.41) is 4.82. The summed E-state index contributed by atoms with van der Waals surface area (Å²) in [4.78, 5) is 5.09. The van der Waals surface area contributed by atoms with E-state index in [1.807, 2.05) is 0 Å². The summed E-state index contributed by atoms with van der Waals surface area (Å²) in [7, 11) is 0. The van der Waals surface area contributed by atoms with Gasteiger partial charge in [0.25, 0.3) is 0 Å². The Morgan fingerprint density at radius 3 is 0.871 bits per heavy atom. The van der Waals surface area contributed by atoms with Crippen LogP contribution < -0.4 is 9.80 Å². The van der Waals surface area contributed by atoms with Crippen molar-refractivity contribution in [1.29, 1.82) is 0 Å². The van der Waals surface area contributed by atoms with E-state index in [0.29, 0.717) is 0 Å². The van der Waals surface area contributed by atoms with E-state index in [1.54, 1.807) is 0 Å². The number of hydrogen-bond acceptors (Lipinski definition) is 2. The molecule has 9 aromatic rings. The van der Waals surface area contributed by atoms with Crippen LogP contribution in [0, 0.1) is 27.7 Å². The molecular formula is C68H72N2. The quantitative estimate of drug-likeness (QED) is 0.0996. The zero-order valence-electron chi connectivity index (χ0n) is 44.2. The van der Waals surface area contributed by atoms with Crippen molar-refractivity contribution in [3.05, 3.63) is 238 Å². The van der Waals surface area contributed by atoms with Crippen molar-refractivity contribution in [1.82, 2.24) is 0 Å². The number of fused-ring (bicyclic) bond motifs is 2. The van der Waals surface area contributed by atoms with Gasteiger partial charge in [-0.2, -0.15) is 0 Å². The molecule has 0 spiro atoms. The van der Waals surface area contributed by atoms with E-state index in [-0.39, 0.29) is 21.7 Å². The highest BCUT2D eigenvalue weighted by Crippen LogP contribution is 2.53. The van der Waals surface area contributed by atoms with Crippen LogP contribution in [0.1, 0.15) is 125 Å². The Bertz CT molecular complexity index is 3110. The van der Waals surface area contributed by atoms with Gasteiger partial charge in [0.1, 0.15) is 0 Å². The van der Waals surface area contributed by atoms with Crippen molar-refractivity contribution in [2.75, 3.05) is 9.80 Å². The predicted octanol–water partition coefficient (Wildman–Crippen LogP) is 19.4. The number of anilines is 6. The maximum atomic E-state index is 2.55. The Morgan fingerprint density at radius 1 is 0.257 bits per heavy atom. The van der Waals surface area contributed by atoms with Crippen LogP contribution in [0.15, 0.2) is 182 Å². The minimum absolute atomic E-state index is 0.0955. The van der Waals surface area contributed by atoms with E-state index in [2.05, 4.69) is 289 Å². The van der Waals surface area contributed by atoms with Crippen LogP contribution in [0.3, 0.4) is 0 Å². The number of benzene rings is 9. The van der Waals surface area contributed by atoms with Gasteiger partial charge in [0.05, 0.1) is 11.4 Å². The van der Waals surface area contributed by atoms with E-state index in [4.69, 9.17) is 0 Å². The van der Waals surface area contributed by atoms with E-state index >= 15 is 0 Å². The first-order valence-electron chi connectivity index (χ1n) is 25.3. The van der Waals surface area contributed by atoms with Gasteiger partial charge in [-0.25, -0.2) is 0 Å². The molecule has 0 N–H and O–H groups in total. The molecule has 2 heteroatoms. The van der Waals surface area contributed by atoms with E-state index in [0.717, 1.165) is 22.7 Å². The van der Waals surface area contributed by atoms with Crippen molar-refractivity contribution in [3.8, 4) is 0 Å². The molecule has 0 amide bonds. The molecule has 0 bridgehead atoms. The lowest BCUT2D eigenvalue weighted by Crippen LogP contribution is -2.20. The SMILES string of the molecule is Cc1ccc(N(c2ccc(C(C)(C)c3ccccc3)cc2)c2c3ccc(C(C)(C)C)cc3c(N(c3ccc(C(C)(C)c4ccccc4)cc3)c3ccc(C)c(C)c3)c3ccc(C(C)(C)C)cc23)cc1C. The van der Waals surface area contributed by atoms with Crippen LogP contribution in [0.2, 0.25) is 0 Å². The highest BCUT2D eigenvalue weighted by Gasteiger charge is 2.30. The number of rotatable bonds is 10. The van der Waals surface area contributed by atoms with Gasteiger partial charge < -0.3 is 9.80 Å². The standard InChI is InChI=1S/C68H72N2/c1-45-25-33-57(41-47(45)3)69(55-35-27-51(28-36-55)67(11,12)49-21-17-15-18-22-49)63-59-39-31-54(66(8,9)10)44-62(59)64(60-40-32-53(43-61(60)63)65(5,6)7)70(58-34-26-46(2)48(4)42-58)56-37-29-52(30-38-56)68(13,14)50-23-19-16-20-24-50/h15-44H,1-14H3. The zero-order valence-corrected chi connectivity index (χ0v) is 44.2. The Morgan fingerprint density at radius 2 is 0.557 bits per heavy atom. The van der Waals surface area contributed by atoms with Crippen LogP contribution in [0.5, 0.6) is 0 Å². The number of nitrogens with zero attached hydrogens (tertiary/aromatic N) is 2. The third-order valence-electron chi connectivity index (χ3n) is 15.4. The van der Waals surface area contributed by atoms with Crippen LogP contribution in [-0.4, -0.2) is 0 Å². The first-order valence-corrected chi connectivity index (χ1v) is 25.3. The van der Waals surface area contributed by atoms with Crippen LogP contribution in [0.4, 0.5) is 34.1 Å². The first kappa shape index (κ1) is 48.1. The molecular weight excluding hydrogens is 845 g/mol. The molecule has 0 aliphatic carbocycles. The van der Waals surface area contributed by atoms with Crippen molar-refractivity contribution >= 4 is 55.7 Å². The van der Waals surface area contributed by atoms with Crippen molar-refractivity contribution in [3.63, 3.8) is 0 Å². The topological polar surface area (TPSA) is 6.48 Å². The van der Waals surface area contributed by atoms with Gasteiger partial charge in [0, 0.05) is 55.1 Å².